The molecule has 0 bridgehead atoms. The Morgan fingerprint density at radius 1 is 1.25 bits per heavy atom. The largest absolute Gasteiger partial charge is 0.391 e. The number of rotatable bonds is 3. The molecule has 82 valence electrons. The number of hydrogen-bond acceptors (Lipinski definition) is 4. The molecule has 0 unspecified atom stereocenters. The van der Waals surface area contributed by atoms with Gasteiger partial charge in [0.15, 0.2) is 0 Å². The highest BCUT2D eigenvalue weighted by molar-refractivity contribution is 6.30. The van der Waals surface area contributed by atoms with Crippen molar-refractivity contribution < 1.29 is 5.11 Å². The second-order valence-corrected chi connectivity index (χ2v) is 3.62. The Bertz CT molecular complexity index is 473. The number of hydrogen-bond donors (Lipinski definition) is 2. The van der Waals surface area contributed by atoms with Crippen molar-refractivity contribution >= 4 is 23.1 Å². The third-order valence-electron chi connectivity index (χ3n) is 2.07. The topological polar surface area (TPSA) is 58.0 Å². The second kappa shape index (κ2) is 4.92. The van der Waals surface area contributed by atoms with E-state index < -0.39 is 0 Å². The first-order valence-corrected chi connectivity index (χ1v) is 5.09. The maximum atomic E-state index is 9.10. The highest BCUT2D eigenvalue weighted by atomic mass is 35.5. The first kappa shape index (κ1) is 10.9. The van der Waals surface area contributed by atoms with Crippen LogP contribution in [0.2, 0.25) is 5.02 Å². The van der Waals surface area contributed by atoms with E-state index in [0.717, 1.165) is 5.69 Å². The van der Waals surface area contributed by atoms with Gasteiger partial charge in [0.1, 0.15) is 12.1 Å². The molecule has 1 aromatic carbocycles. The molecule has 0 aliphatic rings. The predicted octanol–water partition coefficient (Wildman–Crippen LogP) is 2.37. The SMILES string of the molecule is OCc1cncnc1Nc1ccc(Cl)cc1. The van der Waals surface area contributed by atoms with E-state index in [2.05, 4.69) is 15.3 Å². The smallest absolute Gasteiger partial charge is 0.139 e. The number of halogens is 1. The van der Waals surface area contributed by atoms with Gasteiger partial charge in [-0.2, -0.15) is 0 Å². The molecule has 0 aliphatic carbocycles. The van der Waals surface area contributed by atoms with Gasteiger partial charge in [-0.3, -0.25) is 0 Å². The van der Waals surface area contributed by atoms with E-state index in [1.165, 1.54) is 6.33 Å². The fraction of sp³-hybridized carbons (Fsp3) is 0.0909. The molecule has 0 radical (unpaired) electrons. The minimum Gasteiger partial charge on any atom is -0.391 e. The van der Waals surface area contributed by atoms with Crippen LogP contribution < -0.4 is 5.32 Å². The average molecular weight is 236 g/mol. The van der Waals surface area contributed by atoms with E-state index >= 15 is 0 Å². The summed E-state index contributed by atoms with van der Waals surface area (Å²) in [4.78, 5) is 7.89. The molecule has 5 heteroatoms. The van der Waals surface area contributed by atoms with Crippen molar-refractivity contribution in [3.63, 3.8) is 0 Å². The number of aromatic nitrogens is 2. The molecule has 2 N–H and O–H groups in total. The first-order valence-electron chi connectivity index (χ1n) is 4.72. The van der Waals surface area contributed by atoms with E-state index in [-0.39, 0.29) is 6.61 Å². The number of aliphatic hydroxyl groups excluding tert-OH is 1. The standard InChI is InChI=1S/C11H10ClN3O/c12-9-1-3-10(4-2-9)15-11-8(6-16)5-13-7-14-11/h1-5,7,16H,6H2,(H,13,14,15). The third kappa shape index (κ3) is 2.48. The van der Waals surface area contributed by atoms with Gasteiger partial charge in [0, 0.05) is 22.5 Å². The van der Waals surface area contributed by atoms with Crippen LogP contribution in [0.1, 0.15) is 5.56 Å². The van der Waals surface area contributed by atoms with Gasteiger partial charge < -0.3 is 10.4 Å². The van der Waals surface area contributed by atoms with Crippen LogP contribution >= 0.6 is 11.6 Å². The van der Waals surface area contributed by atoms with Crippen molar-refractivity contribution in [1.29, 1.82) is 0 Å². The van der Waals surface area contributed by atoms with Gasteiger partial charge >= 0.3 is 0 Å². The fourth-order valence-corrected chi connectivity index (χ4v) is 1.38. The van der Waals surface area contributed by atoms with Crippen LogP contribution in [0.3, 0.4) is 0 Å². The number of nitrogens with one attached hydrogen (secondary N) is 1. The second-order valence-electron chi connectivity index (χ2n) is 3.19. The summed E-state index contributed by atoms with van der Waals surface area (Å²) in [6, 6.07) is 7.24. The van der Waals surface area contributed by atoms with Crippen molar-refractivity contribution in [2.75, 3.05) is 5.32 Å². The normalized spacial score (nSPS) is 10.1. The van der Waals surface area contributed by atoms with E-state index in [0.29, 0.717) is 16.4 Å². The highest BCUT2D eigenvalue weighted by Gasteiger charge is 2.02. The summed E-state index contributed by atoms with van der Waals surface area (Å²) in [6.07, 6.45) is 3.00. The number of aliphatic hydroxyl groups is 1. The zero-order chi connectivity index (χ0) is 11.4. The van der Waals surface area contributed by atoms with Gasteiger partial charge in [0.2, 0.25) is 0 Å². The summed E-state index contributed by atoms with van der Waals surface area (Å²) in [5.41, 5.74) is 1.51. The molecular weight excluding hydrogens is 226 g/mol. The Hall–Kier alpha value is -1.65. The molecule has 4 nitrogen and oxygen atoms in total. The molecule has 1 aromatic heterocycles. The lowest BCUT2D eigenvalue weighted by atomic mass is 10.3. The minimum atomic E-state index is -0.100. The van der Waals surface area contributed by atoms with Crippen molar-refractivity contribution in [1.82, 2.24) is 9.97 Å². The summed E-state index contributed by atoms with van der Waals surface area (Å²) in [5.74, 6) is 0.597. The van der Waals surface area contributed by atoms with Crippen LogP contribution in [0.5, 0.6) is 0 Å². The van der Waals surface area contributed by atoms with Crippen LogP contribution in [-0.4, -0.2) is 15.1 Å². The molecule has 2 aromatic rings. The van der Waals surface area contributed by atoms with Crippen molar-refractivity contribution in [2.24, 2.45) is 0 Å². The van der Waals surface area contributed by atoms with E-state index in [4.69, 9.17) is 16.7 Å². The maximum absolute atomic E-state index is 9.10. The summed E-state index contributed by atoms with van der Waals surface area (Å²) in [7, 11) is 0. The third-order valence-corrected chi connectivity index (χ3v) is 2.32. The van der Waals surface area contributed by atoms with Crippen LogP contribution in [0, 0.1) is 0 Å². The first-order chi connectivity index (χ1) is 7.79. The van der Waals surface area contributed by atoms with E-state index in [9.17, 15) is 0 Å². The zero-order valence-corrected chi connectivity index (χ0v) is 9.15. The Kier molecular flexibility index (Phi) is 3.34. The molecular formula is C11H10ClN3O. The Balaban J connectivity index is 2.23. The molecule has 0 atom stereocenters. The van der Waals surface area contributed by atoms with Gasteiger partial charge in [0.05, 0.1) is 6.61 Å². The molecule has 2 rings (SSSR count). The number of benzene rings is 1. The summed E-state index contributed by atoms with van der Waals surface area (Å²) >= 11 is 5.78. The molecule has 0 spiro atoms. The van der Waals surface area contributed by atoms with E-state index in [1.807, 2.05) is 12.1 Å². The summed E-state index contributed by atoms with van der Waals surface area (Å²) < 4.78 is 0. The van der Waals surface area contributed by atoms with Crippen molar-refractivity contribution in [2.45, 2.75) is 6.61 Å². The fourth-order valence-electron chi connectivity index (χ4n) is 1.26. The minimum absolute atomic E-state index is 0.100. The number of anilines is 2. The van der Waals surface area contributed by atoms with Crippen LogP contribution in [-0.2, 0) is 6.61 Å². The summed E-state index contributed by atoms with van der Waals surface area (Å²) in [6.45, 7) is -0.100. The van der Waals surface area contributed by atoms with Gasteiger partial charge in [-0.25, -0.2) is 9.97 Å². The van der Waals surface area contributed by atoms with E-state index in [1.54, 1.807) is 18.3 Å². The predicted molar refractivity (Wildman–Crippen MR) is 62.7 cm³/mol. The van der Waals surface area contributed by atoms with Gasteiger partial charge in [0.25, 0.3) is 0 Å². The summed E-state index contributed by atoms with van der Waals surface area (Å²) in [5, 5.41) is 12.9. The molecule has 0 fully saturated rings. The zero-order valence-electron chi connectivity index (χ0n) is 8.39. The van der Waals surface area contributed by atoms with Crippen LogP contribution in [0.25, 0.3) is 0 Å². The highest BCUT2D eigenvalue weighted by Crippen LogP contribution is 2.19. The van der Waals surface area contributed by atoms with Crippen LogP contribution in [0.15, 0.2) is 36.8 Å². The molecule has 1 heterocycles. The maximum Gasteiger partial charge on any atom is 0.139 e. The van der Waals surface area contributed by atoms with Gasteiger partial charge in [-0.1, -0.05) is 11.6 Å². The monoisotopic (exact) mass is 235 g/mol. The molecule has 0 aliphatic heterocycles. The lowest BCUT2D eigenvalue weighted by Crippen LogP contribution is -1.99. The van der Waals surface area contributed by atoms with Crippen LogP contribution in [0.4, 0.5) is 11.5 Å². The Labute approximate surface area is 97.9 Å². The lowest BCUT2D eigenvalue weighted by molar-refractivity contribution is 0.281. The molecule has 16 heavy (non-hydrogen) atoms. The molecule has 0 saturated heterocycles. The van der Waals surface area contributed by atoms with Crippen molar-refractivity contribution in [3.8, 4) is 0 Å². The Morgan fingerprint density at radius 3 is 2.69 bits per heavy atom. The molecule has 0 saturated carbocycles. The quantitative estimate of drug-likeness (QED) is 0.858. The lowest BCUT2D eigenvalue weighted by Gasteiger charge is -2.08. The van der Waals surface area contributed by atoms with Gasteiger partial charge in [-0.05, 0) is 24.3 Å². The Morgan fingerprint density at radius 2 is 2.00 bits per heavy atom. The molecule has 0 amide bonds. The average Bonchev–Trinajstić information content (AvgIpc) is 2.33. The van der Waals surface area contributed by atoms with Gasteiger partial charge in [-0.15, -0.1) is 0 Å². The van der Waals surface area contributed by atoms with Crippen molar-refractivity contribution in [3.05, 3.63) is 47.4 Å². The number of nitrogens with zero attached hydrogens (tertiary/aromatic N) is 2.